The Hall–Kier alpha value is -1.61. The molecule has 0 aliphatic heterocycles. The molecule has 2 rings (SSSR count). The summed E-state index contributed by atoms with van der Waals surface area (Å²) in [6.07, 6.45) is 3.84. The summed E-state index contributed by atoms with van der Waals surface area (Å²) in [5, 5.41) is 0. The zero-order valence-electron chi connectivity index (χ0n) is 9.41. The number of hydrogen-bond acceptors (Lipinski definition) is 2. The van der Waals surface area contributed by atoms with Crippen LogP contribution >= 0.6 is 12.6 Å². The molecule has 0 fully saturated rings. The zero-order chi connectivity index (χ0) is 12.1. The molecule has 2 aromatic rings. The Morgan fingerprint density at radius 1 is 1.06 bits per heavy atom. The van der Waals surface area contributed by atoms with Crippen LogP contribution in [0.3, 0.4) is 0 Å². The van der Waals surface area contributed by atoms with E-state index in [4.69, 9.17) is 0 Å². The van der Waals surface area contributed by atoms with Gasteiger partial charge >= 0.3 is 0 Å². The Kier molecular flexibility index (Phi) is 3.94. The minimum Gasteiger partial charge on any atom is -0.293 e. The Balaban J connectivity index is 2.11. The smallest absolute Gasteiger partial charge is 0.173 e. The van der Waals surface area contributed by atoms with Gasteiger partial charge in [0.15, 0.2) is 24.7 Å². The minimum absolute atomic E-state index is 0.0557. The van der Waals surface area contributed by atoms with Gasteiger partial charge in [-0.3, -0.25) is 4.79 Å². The van der Waals surface area contributed by atoms with Crippen molar-refractivity contribution in [1.29, 1.82) is 0 Å². The van der Waals surface area contributed by atoms with E-state index in [2.05, 4.69) is 24.8 Å². The van der Waals surface area contributed by atoms with Crippen LogP contribution in [0.25, 0.3) is 0 Å². The van der Waals surface area contributed by atoms with E-state index in [-0.39, 0.29) is 11.5 Å². The van der Waals surface area contributed by atoms with Gasteiger partial charge in [0.2, 0.25) is 0 Å². The molecule has 2 nitrogen and oxygen atoms in total. The molecule has 0 aliphatic carbocycles. The highest BCUT2D eigenvalue weighted by Gasteiger charge is 2.06. The van der Waals surface area contributed by atoms with Crippen LogP contribution < -0.4 is 4.57 Å². The molecule has 1 aromatic heterocycles. The third kappa shape index (κ3) is 3.17. The van der Waals surface area contributed by atoms with Crippen molar-refractivity contribution in [1.82, 2.24) is 0 Å². The predicted molar refractivity (Wildman–Crippen MR) is 70.4 cm³/mol. The fraction of sp³-hybridized carbons (Fsp3) is 0.143. The Labute approximate surface area is 106 Å². The summed E-state index contributed by atoms with van der Waals surface area (Å²) in [4.78, 5) is 11.4. The number of carbonyl (C=O) groups is 1. The van der Waals surface area contributed by atoms with Crippen molar-refractivity contribution in [2.24, 2.45) is 0 Å². The number of Topliss-reactive ketones (excluding diaryl/α,β-unsaturated/α-hetero) is 1. The summed E-state index contributed by atoms with van der Waals surface area (Å²) in [6, 6.07) is 13.9. The summed E-state index contributed by atoms with van der Waals surface area (Å²) >= 11 is 3.98. The molecular formula is C14H14NOS+. The van der Waals surface area contributed by atoms with Gasteiger partial charge in [-0.25, -0.2) is 4.57 Å². The monoisotopic (exact) mass is 244 g/mol. The maximum atomic E-state index is 11.4. The molecule has 17 heavy (non-hydrogen) atoms. The Bertz CT molecular complexity index is 493. The van der Waals surface area contributed by atoms with Gasteiger partial charge in [-0.15, -0.1) is 0 Å². The second-order valence-electron chi connectivity index (χ2n) is 3.83. The van der Waals surface area contributed by atoms with Gasteiger partial charge in [-0.1, -0.05) is 30.3 Å². The molecule has 1 heterocycles. The lowest BCUT2D eigenvalue weighted by Gasteiger charge is -1.99. The van der Waals surface area contributed by atoms with Crippen LogP contribution in [0, 0.1) is 0 Å². The number of aromatic nitrogens is 1. The van der Waals surface area contributed by atoms with E-state index >= 15 is 0 Å². The Morgan fingerprint density at radius 3 is 2.29 bits per heavy atom. The van der Waals surface area contributed by atoms with Gasteiger partial charge in [-0.2, -0.15) is 12.6 Å². The third-order valence-corrected chi connectivity index (χ3v) is 2.85. The van der Waals surface area contributed by atoms with Gasteiger partial charge in [0, 0.05) is 23.3 Å². The number of ketones is 1. The molecule has 1 aromatic carbocycles. The molecule has 0 N–H and O–H groups in total. The van der Waals surface area contributed by atoms with E-state index in [1.165, 1.54) is 5.56 Å². The largest absolute Gasteiger partial charge is 0.293 e. The number of pyridine rings is 1. The second kappa shape index (κ2) is 5.64. The first kappa shape index (κ1) is 11.9. The fourth-order valence-corrected chi connectivity index (χ4v) is 1.82. The molecule has 0 saturated carbocycles. The van der Waals surface area contributed by atoms with Gasteiger partial charge in [-0.05, 0) is 0 Å². The van der Waals surface area contributed by atoms with Crippen molar-refractivity contribution in [2.75, 3.05) is 5.75 Å². The highest BCUT2D eigenvalue weighted by atomic mass is 32.1. The maximum absolute atomic E-state index is 11.4. The summed E-state index contributed by atoms with van der Waals surface area (Å²) in [6.45, 7) is 0.816. The van der Waals surface area contributed by atoms with Crippen molar-refractivity contribution in [3.8, 4) is 0 Å². The number of benzene rings is 1. The molecule has 0 radical (unpaired) electrons. The van der Waals surface area contributed by atoms with E-state index in [1.54, 1.807) is 0 Å². The number of hydrogen-bond donors (Lipinski definition) is 1. The van der Waals surface area contributed by atoms with E-state index in [9.17, 15) is 4.79 Å². The average molecular weight is 244 g/mol. The highest BCUT2D eigenvalue weighted by Crippen LogP contribution is 2.00. The standard InChI is InChI=1S/C14H13NOS/c16-14(11-17)13-6-8-15(9-7-13)10-12-4-2-1-3-5-12/h1-9H,10-11H2/p+1. The lowest BCUT2D eigenvalue weighted by atomic mass is 10.2. The number of thiol groups is 1. The fourth-order valence-electron chi connectivity index (χ4n) is 1.63. The van der Waals surface area contributed by atoms with Crippen molar-refractivity contribution < 1.29 is 9.36 Å². The van der Waals surface area contributed by atoms with Gasteiger partial charge in [0.25, 0.3) is 0 Å². The van der Waals surface area contributed by atoms with Crippen LogP contribution in [-0.4, -0.2) is 11.5 Å². The number of nitrogens with zero attached hydrogens (tertiary/aromatic N) is 1. The molecule has 86 valence electrons. The Morgan fingerprint density at radius 2 is 1.71 bits per heavy atom. The van der Waals surface area contributed by atoms with Crippen molar-refractivity contribution in [3.63, 3.8) is 0 Å². The van der Waals surface area contributed by atoms with Crippen LogP contribution in [-0.2, 0) is 6.54 Å². The minimum atomic E-state index is 0.0557. The first-order chi connectivity index (χ1) is 8.29. The van der Waals surface area contributed by atoms with Crippen LogP contribution in [0.2, 0.25) is 0 Å². The summed E-state index contributed by atoms with van der Waals surface area (Å²) in [5.74, 6) is 0.308. The van der Waals surface area contributed by atoms with Crippen LogP contribution in [0.4, 0.5) is 0 Å². The van der Waals surface area contributed by atoms with Crippen LogP contribution in [0.5, 0.6) is 0 Å². The highest BCUT2D eigenvalue weighted by molar-refractivity contribution is 7.81. The topological polar surface area (TPSA) is 20.9 Å². The van der Waals surface area contributed by atoms with Crippen molar-refractivity contribution in [3.05, 3.63) is 66.0 Å². The maximum Gasteiger partial charge on any atom is 0.173 e. The quantitative estimate of drug-likeness (QED) is 0.496. The first-order valence-electron chi connectivity index (χ1n) is 5.46. The van der Waals surface area contributed by atoms with E-state index < -0.39 is 0 Å². The summed E-state index contributed by atoms with van der Waals surface area (Å²) < 4.78 is 2.05. The molecule has 0 spiro atoms. The predicted octanol–water partition coefficient (Wildman–Crippen LogP) is 2.13. The molecule has 0 unspecified atom stereocenters. The van der Waals surface area contributed by atoms with Crippen molar-refractivity contribution >= 4 is 18.4 Å². The number of carbonyl (C=O) groups excluding carboxylic acids is 1. The zero-order valence-corrected chi connectivity index (χ0v) is 10.3. The third-order valence-electron chi connectivity index (χ3n) is 2.56. The molecule has 0 aliphatic rings. The van der Waals surface area contributed by atoms with Crippen LogP contribution in [0.1, 0.15) is 15.9 Å². The lowest BCUT2D eigenvalue weighted by Crippen LogP contribution is -2.33. The summed E-state index contributed by atoms with van der Waals surface area (Å²) in [7, 11) is 0. The van der Waals surface area contributed by atoms with Gasteiger partial charge in [0.05, 0.1) is 5.75 Å². The van der Waals surface area contributed by atoms with Crippen LogP contribution in [0.15, 0.2) is 54.9 Å². The summed E-state index contributed by atoms with van der Waals surface area (Å²) in [5.41, 5.74) is 1.95. The normalized spacial score (nSPS) is 10.2. The van der Waals surface area contributed by atoms with E-state index in [1.807, 2.05) is 47.3 Å². The molecule has 0 saturated heterocycles. The average Bonchev–Trinajstić information content (AvgIpc) is 2.40. The molecule has 0 atom stereocenters. The van der Waals surface area contributed by atoms with Gasteiger partial charge in [0.1, 0.15) is 0 Å². The molecule has 0 amide bonds. The van der Waals surface area contributed by atoms with E-state index in [0.29, 0.717) is 5.56 Å². The lowest BCUT2D eigenvalue weighted by molar-refractivity contribution is -0.688. The molecule has 3 heteroatoms. The van der Waals surface area contributed by atoms with Crippen molar-refractivity contribution in [2.45, 2.75) is 6.54 Å². The molecular weight excluding hydrogens is 230 g/mol. The SMILES string of the molecule is O=C(CS)c1cc[n+](Cc2ccccc2)cc1. The first-order valence-corrected chi connectivity index (χ1v) is 6.10. The van der Waals surface area contributed by atoms with E-state index in [0.717, 1.165) is 6.54 Å². The molecule has 0 bridgehead atoms. The van der Waals surface area contributed by atoms with Gasteiger partial charge < -0.3 is 0 Å². The second-order valence-corrected chi connectivity index (χ2v) is 4.14. The number of rotatable bonds is 4.